The zero-order valence-electron chi connectivity index (χ0n) is 15.5. The number of anilines is 1. The Morgan fingerprint density at radius 2 is 1.75 bits per heavy atom. The van der Waals surface area contributed by atoms with Gasteiger partial charge in [0.2, 0.25) is 5.91 Å². The predicted molar refractivity (Wildman–Crippen MR) is 112 cm³/mol. The van der Waals surface area contributed by atoms with Crippen LogP contribution in [0.2, 0.25) is 5.02 Å². The molecule has 2 aromatic carbocycles. The van der Waals surface area contributed by atoms with Gasteiger partial charge >= 0.3 is 0 Å². The summed E-state index contributed by atoms with van der Waals surface area (Å²) in [4.78, 5) is 12.7. The second-order valence-electron chi connectivity index (χ2n) is 6.69. The highest BCUT2D eigenvalue weighted by molar-refractivity contribution is 7.92. The van der Waals surface area contributed by atoms with E-state index in [4.69, 9.17) is 11.6 Å². The average Bonchev–Trinajstić information content (AvgIpc) is 2.72. The summed E-state index contributed by atoms with van der Waals surface area (Å²) in [5.74, 6) is -0.346. The molecule has 0 radical (unpaired) electrons. The van der Waals surface area contributed by atoms with Crippen LogP contribution in [-0.4, -0.2) is 27.4 Å². The largest absolute Gasteiger partial charge is 0.351 e. The molecule has 0 heterocycles. The molecule has 5 nitrogen and oxygen atoms in total. The first-order chi connectivity index (χ1) is 13.5. The van der Waals surface area contributed by atoms with Crippen LogP contribution in [0.15, 0.2) is 71.1 Å². The summed E-state index contributed by atoms with van der Waals surface area (Å²) in [6, 6.07) is 14.5. The highest BCUT2D eigenvalue weighted by Gasteiger charge is 2.27. The Kier molecular flexibility index (Phi) is 6.75. The SMILES string of the molecule is O=C(CN(c1ccc(Cl)cc1)S(=O)(=O)c1ccccc1)NCC1=CCCCC1. The fraction of sp³-hybridized carbons (Fsp3) is 0.286. The van der Waals surface area contributed by atoms with Gasteiger partial charge in [-0.05, 0) is 62.1 Å². The summed E-state index contributed by atoms with van der Waals surface area (Å²) >= 11 is 5.94. The Bertz CT molecular complexity index is 941. The van der Waals surface area contributed by atoms with Gasteiger partial charge < -0.3 is 5.32 Å². The number of sulfonamides is 1. The van der Waals surface area contributed by atoms with E-state index in [2.05, 4.69) is 11.4 Å². The monoisotopic (exact) mass is 418 g/mol. The molecular formula is C21H23ClN2O3S. The van der Waals surface area contributed by atoms with Gasteiger partial charge in [-0.3, -0.25) is 9.10 Å². The number of halogens is 1. The van der Waals surface area contributed by atoms with Gasteiger partial charge in [0.1, 0.15) is 6.54 Å². The Hall–Kier alpha value is -2.31. The number of benzene rings is 2. The van der Waals surface area contributed by atoms with Crippen LogP contribution in [-0.2, 0) is 14.8 Å². The topological polar surface area (TPSA) is 66.5 Å². The number of nitrogens with one attached hydrogen (secondary N) is 1. The summed E-state index contributed by atoms with van der Waals surface area (Å²) in [7, 11) is -3.89. The van der Waals surface area contributed by atoms with E-state index in [1.54, 1.807) is 42.5 Å². The van der Waals surface area contributed by atoms with Gasteiger partial charge in [-0.25, -0.2) is 8.42 Å². The number of amides is 1. The van der Waals surface area contributed by atoms with Crippen molar-refractivity contribution < 1.29 is 13.2 Å². The van der Waals surface area contributed by atoms with Crippen LogP contribution in [0.25, 0.3) is 0 Å². The standard InChI is InChI=1S/C21H23ClN2O3S/c22-18-11-13-19(14-12-18)24(28(26,27)20-9-5-2-6-10-20)16-21(25)23-15-17-7-3-1-4-8-17/h2,5-7,9-14H,1,3-4,8,15-16H2,(H,23,25). The molecule has 0 spiro atoms. The van der Waals surface area contributed by atoms with E-state index < -0.39 is 10.0 Å². The second-order valence-corrected chi connectivity index (χ2v) is 8.98. The molecule has 1 amide bonds. The van der Waals surface area contributed by atoms with E-state index in [-0.39, 0.29) is 17.3 Å². The maximum absolute atomic E-state index is 13.2. The molecular weight excluding hydrogens is 396 g/mol. The van der Waals surface area contributed by atoms with Gasteiger partial charge in [-0.2, -0.15) is 0 Å². The van der Waals surface area contributed by atoms with Gasteiger partial charge in [0, 0.05) is 11.6 Å². The van der Waals surface area contributed by atoms with E-state index >= 15 is 0 Å². The molecule has 0 saturated heterocycles. The van der Waals surface area contributed by atoms with Crippen molar-refractivity contribution in [2.45, 2.75) is 30.6 Å². The Balaban J connectivity index is 1.81. The number of nitrogens with zero attached hydrogens (tertiary/aromatic N) is 1. The lowest BCUT2D eigenvalue weighted by molar-refractivity contribution is -0.119. The fourth-order valence-corrected chi connectivity index (χ4v) is 4.67. The van der Waals surface area contributed by atoms with Gasteiger partial charge in [-0.1, -0.05) is 41.4 Å². The van der Waals surface area contributed by atoms with Crippen LogP contribution >= 0.6 is 11.6 Å². The molecule has 1 N–H and O–H groups in total. The molecule has 7 heteroatoms. The molecule has 1 aliphatic rings. The van der Waals surface area contributed by atoms with Crippen molar-refractivity contribution >= 4 is 33.2 Å². The molecule has 0 atom stereocenters. The maximum Gasteiger partial charge on any atom is 0.264 e. The van der Waals surface area contributed by atoms with E-state index in [1.807, 2.05) is 0 Å². The molecule has 28 heavy (non-hydrogen) atoms. The number of allylic oxidation sites excluding steroid dienone is 1. The van der Waals surface area contributed by atoms with E-state index in [0.29, 0.717) is 17.3 Å². The van der Waals surface area contributed by atoms with Crippen molar-refractivity contribution in [1.82, 2.24) is 5.32 Å². The summed E-state index contributed by atoms with van der Waals surface area (Å²) in [5.41, 5.74) is 1.59. The molecule has 1 aliphatic carbocycles. The lowest BCUT2D eigenvalue weighted by Gasteiger charge is -2.24. The van der Waals surface area contributed by atoms with Crippen molar-refractivity contribution in [1.29, 1.82) is 0 Å². The molecule has 0 fully saturated rings. The molecule has 2 aromatic rings. The first-order valence-corrected chi connectivity index (χ1v) is 11.1. The summed E-state index contributed by atoms with van der Waals surface area (Å²) in [6.45, 7) is 0.158. The number of carbonyl (C=O) groups excluding carboxylic acids is 1. The normalized spacial score (nSPS) is 14.2. The average molecular weight is 419 g/mol. The van der Waals surface area contributed by atoms with E-state index in [9.17, 15) is 13.2 Å². The predicted octanol–water partition coefficient (Wildman–Crippen LogP) is 4.15. The summed E-state index contributed by atoms with van der Waals surface area (Å²) in [6.07, 6.45) is 6.47. The first-order valence-electron chi connectivity index (χ1n) is 9.25. The number of hydrogen-bond donors (Lipinski definition) is 1. The Labute approximate surface area is 171 Å². The van der Waals surface area contributed by atoms with Crippen LogP contribution in [0.4, 0.5) is 5.69 Å². The maximum atomic E-state index is 13.2. The minimum atomic E-state index is -3.89. The fourth-order valence-electron chi connectivity index (χ4n) is 3.11. The van der Waals surface area contributed by atoms with E-state index in [1.165, 1.54) is 24.1 Å². The molecule has 0 aliphatic heterocycles. The molecule has 0 saturated carbocycles. The lowest BCUT2D eigenvalue weighted by Crippen LogP contribution is -2.41. The van der Waals surface area contributed by atoms with Crippen LogP contribution in [0.5, 0.6) is 0 Å². The number of rotatable bonds is 7. The van der Waals surface area contributed by atoms with Crippen molar-refractivity contribution in [2.75, 3.05) is 17.4 Å². The quantitative estimate of drug-likeness (QED) is 0.687. The zero-order valence-corrected chi connectivity index (χ0v) is 17.0. The van der Waals surface area contributed by atoms with E-state index in [0.717, 1.165) is 23.6 Å². The molecule has 0 unspecified atom stereocenters. The summed E-state index contributed by atoms with van der Waals surface area (Å²) in [5, 5.41) is 3.34. The molecule has 0 aromatic heterocycles. The smallest absolute Gasteiger partial charge is 0.264 e. The van der Waals surface area contributed by atoms with Crippen LogP contribution < -0.4 is 9.62 Å². The van der Waals surface area contributed by atoms with Crippen LogP contribution in [0.1, 0.15) is 25.7 Å². The molecule has 0 bridgehead atoms. The third-order valence-corrected chi connectivity index (χ3v) is 6.67. The second kappa shape index (κ2) is 9.26. The van der Waals surface area contributed by atoms with Crippen molar-refractivity contribution in [3.05, 3.63) is 71.3 Å². The molecule has 148 valence electrons. The highest BCUT2D eigenvalue weighted by Crippen LogP contribution is 2.25. The lowest BCUT2D eigenvalue weighted by atomic mass is 10.00. The third-order valence-electron chi connectivity index (χ3n) is 4.63. The summed E-state index contributed by atoms with van der Waals surface area (Å²) < 4.78 is 27.4. The third kappa shape index (κ3) is 5.14. The number of carbonyl (C=O) groups is 1. The minimum absolute atomic E-state index is 0.132. The van der Waals surface area contributed by atoms with Crippen molar-refractivity contribution in [3.8, 4) is 0 Å². The van der Waals surface area contributed by atoms with Gasteiger partial charge in [0.05, 0.1) is 10.6 Å². The zero-order chi connectivity index (χ0) is 20.0. The van der Waals surface area contributed by atoms with Crippen molar-refractivity contribution in [3.63, 3.8) is 0 Å². The minimum Gasteiger partial charge on any atom is -0.351 e. The van der Waals surface area contributed by atoms with Crippen molar-refractivity contribution in [2.24, 2.45) is 0 Å². The van der Waals surface area contributed by atoms with Gasteiger partial charge in [0.25, 0.3) is 10.0 Å². The highest BCUT2D eigenvalue weighted by atomic mass is 35.5. The van der Waals surface area contributed by atoms with Crippen LogP contribution in [0, 0.1) is 0 Å². The Morgan fingerprint density at radius 3 is 2.39 bits per heavy atom. The van der Waals surface area contributed by atoms with Crippen LogP contribution in [0.3, 0.4) is 0 Å². The van der Waals surface area contributed by atoms with Gasteiger partial charge in [-0.15, -0.1) is 0 Å². The first kappa shape index (κ1) is 20.4. The van der Waals surface area contributed by atoms with Gasteiger partial charge in [0.15, 0.2) is 0 Å². The molecule has 3 rings (SSSR count). The number of hydrogen-bond acceptors (Lipinski definition) is 3. The Morgan fingerprint density at radius 1 is 1.04 bits per heavy atom.